The number of aromatic nitrogens is 3. The van der Waals surface area contributed by atoms with Crippen molar-refractivity contribution in [1.29, 1.82) is 0 Å². The molecule has 0 bridgehead atoms. The van der Waals surface area contributed by atoms with Crippen molar-refractivity contribution in [3.63, 3.8) is 0 Å². The molecule has 2 aromatic heterocycles. The summed E-state index contributed by atoms with van der Waals surface area (Å²) in [6, 6.07) is 2.49. The molecule has 0 amide bonds. The molecular formula is C19H31N5O. The van der Waals surface area contributed by atoms with E-state index in [1.165, 1.54) is 5.56 Å². The van der Waals surface area contributed by atoms with Gasteiger partial charge in [0.2, 0.25) is 0 Å². The van der Waals surface area contributed by atoms with Crippen molar-refractivity contribution in [2.45, 2.75) is 52.0 Å². The molecular weight excluding hydrogens is 314 g/mol. The predicted octanol–water partition coefficient (Wildman–Crippen LogP) is 2.86. The summed E-state index contributed by atoms with van der Waals surface area (Å²) in [5.74, 6) is 1.57. The number of nitrogens with one attached hydrogen (secondary N) is 1. The molecule has 6 nitrogen and oxygen atoms in total. The van der Waals surface area contributed by atoms with Crippen molar-refractivity contribution in [1.82, 2.24) is 19.5 Å². The normalized spacial score (nSPS) is 17.4. The van der Waals surface area contributed by atoms with Crippen LogP contribution in [-0.2, 0) is 11.2 Å². The van der Waals surface area contributed by atoms with E-state index in [0.29, 0.717) is 12.0 Å². The number of anilines is 1. The van der Waals surface area contributed by atoms with Gasteiger partial charge in [-0.05, 0) is 47.2 Å². The molecule has 1 atom stereocenters. The second kappa shape index (κ2) is 7.70. The summed E-state index contributed by atoms with van der Waals surface area (Å²) in [6.07, 6.45) is 3.03. The van der Waals surface area contributed by atoms with Gasteiger partial charge in [-0.15, -0.1) is 0 Å². The third-order valence-electron chi connectivity index (χ3n) is 4.94. The zero-order valence-corrected chi connectivity index (χ0v) is 16.2. The molecule has 0 saturated carbocycles. The Balaban J connectivity index is 2.00. The summed E-state index contributed by atoms with van der Waals surface area (Å²) in [7, 11) is 4.20. The van der Waals surface area contributed by atoms with Crippen molar-refractivity contribution in [3.05, 3.63) is 23.0 Å². The van der Waals surface area contributed by atoms with Gasteiger partial charge < -0.3 is 15.0 Å². The lowest BCUT2D eigenvalue weighted by Gasteiger charge is -2.22. The van der Waals surface area contributed by atoms with Crippen LogP contribution < -0.4 is 5.32 Å². The molecule has 3 heterocycles. The molecule has 0 aromatic carbocycles. The van der Waals surface area contributed by atoms with E-state index < -0.39 is 0 Å². The van der Waals surface area contributed by atoms with Crippen LogP contribution in [0.3, 0.4) is 0 Å². The number of likely N-dealkylation sites (N-methyl/N-ethyl adjacent to an activating group) is 1. The first-order chi connectivity index (χ1) is 12.0. The van der Waals surface area contributed by atoms with Gasteiger partial charge in [-0.1, -0.05) is 6.92 Å². The Kier molecular flexibility index (Phi) is 5.59. The van der Waals surface area contributed by atoms with Crippen LogP contribution in [0.15, 0.2) is 6.07 Å². The zero-order chi connectivity index (χ0) is 18.0. The summed E-state index contributed by atoms with van der Waals surface area (Å²) in [5, 5.41) is 8.63. The first kappa shape index (κ1) is 18.1. The second-order valence-corrected chi connectivity index (χ2v) is 7.41. The minimum atomic E-state index is 0.334. The largest absolute Gasteiger partial charge is 0.381 e. The monoisotopic (exact) mass is 345 g/mol. The highest BCUT2D eigenvalue weighted by atomic mass is 16.5. The Labute approximate surface area is 150 Å². The topological polar surface area (TPSA) is 54.7 Å². The summed E-state index contributed by atoms with van der Waals surface area (Å²) < 4.78 is 7.51. The van der Waals surface area contributed by atoms with Gasteiger partial charge in [-0.3, -0.25) is 0 Å². The summed E-state index contributed by atoms with van der Waals surface area (Å²) in [5.41, 5.74) is 4.43. The highest BCUT2D eigenvalue weighted by Gasteiger charge is 2.22. The fourth-order valence-corrected chi connectivity index (χ4v) is 3.76. The Bertz CT molecular complexity index is 718. The fourth-order valence-electron chi connectivity index (χ4n) is 3.76. The average Bonchev–Trinajstić information content (AvgIpc) is 2.99. The van der Waals surface area contributed by atoms with Crippen LogP contribution in [-0.4, -0.2) is 59.4 Å². The van der Waals surface area contributed by atoms with Crippen LogP contribution in [0, 0.1) is 6.92 Å². The molecule has 6 heteroatoms. The first-order valence-corrected chi connectivity index (χ1v) is 9.37. The van der Waals surface area contributed by atoms with Gasteiger partial charge in [-0.2, -0.15) is 9.61 Å². The molecule has 1 aliphatic heterocycles. The molecule has 0 aliphatic carbocycles. The number of rotatable bonds is 6. The molecule has 3 rings (SSSR count). The van der Waals surface area contributed by atoms with Crippen LogP contribution in [0.1, 0.15) is 49.6 Å². The summed E-state index contributed by atoms with van der Waals surface area (Å²) in [6.45, 7) is 9.12. The van der Waals surface area contributed by atoms with Crippen LogP contribution in [0.4, 0.5) is 5.82 Å². The predicted molar refractivity (Wildman–Crippen MR) is 102 cm³/mol. The Morgan fingerprint density at radius 3 is 2.72 bits per heavy atom. The van der Waals surface area contributed by atoms with Gasteiger partial charge in [-0.25, -0.2) is 4.98 Å². The Morgan fingerprint density at radius 1 is 1.36 bits per heavy atom. The van der Waals surface area contributed by atoms with Crippen molar-refractivity contribution >= 4 is 11.5 Å². The van der Waals surface area contributed by atoms with Crippen LogP contribution in [0.25, 0.3) is 5.65 Å². The smallest absolute Gasteiger partial charge is 0.157 e. The molecule has 1 saturated heterocycles. The van der Waals surface area contributed by atoms with E-state index in [2.05, 4.69) is 51.1 Å². The number of ether oxygens (including phenoxy) is 1. The quantitative estimate of drug-likeness (QED) is 0.872. The lowest BCUT2D eigenvalue weighted by molar-refractivity contribution is 0.0844. The fraction of sp³-hybridized carbons (Fsp3) is 0.684. The minimum Gasteiger partial charge on any atom is -0.381 e. The Morgan fingerprint density at radius 2 is 2.08 bits per heavy atom. The second-order valence-electron chi connectivity index (χ2n) is 7.41. The van der Waals surface area contributed by atoms with Crippen LogP contribution in [0.2, 0.25) is 0 Å². The van der Waals surface area contributed by atoms with E-state index in [0.717, 1.165) is 61.9 Å². The first-order valence-electron chi connectivity index (χ1n) is 9.37. The Hall–Kier alpha value is -1.66. The SMILES string of the molecule is CCc1c(C)nc2cc(C3CCOCC3)nn2c1N[C@H](C)CN(C)C. The number of aryl methyl sites for hydroxylation is 1. The van der Waals surface area contributed by atoms with Gasteiger partial charge in [0.15, 0.2) is 5.65 Å². The van der Waals surface area contributed by atoms with Crippen LogP contribution in [0.5, 0.6) is 0 Å². The van der Waals surface area contributed by atoms with Crippen molar-refractivity contribution < 1.29 is 4.74 Å². The van der Waals surface area contributed by atoms with E-state index in [1.807, 2.05) is 4.52 Å². The molecule has 25 heavy (non-hydrogen) atoms. The summed E-state index contributed by atoms with van der Waals surface area (Å²) >= 11 is 0. The number of hydrogen-bond donors (Lipinski definition) is 1. The molecule has 1 N–H and O–H groups in total. The maximum Gasteiger partial charge on any atom is 0.157 e. The average molecular weight is 345 g/mol. The molecule has 2 aromatic rings. The molecule has 1 fully saturated rings. The maximum absolute atomic E-state index is 5.50. The van der Waals surface area contributed by atoms with Gasteiger partial charge in [0, 0.05) is 49.0 Å². The van der Waals surface area contributed by atoms with E-state index in [-0.39, 0.29) is 0 Å². The highest BCUT2D eigenvalue weighted by Crippen LogP contribution is 2.29. The van der Waals surface area contributed by atoms with Crippen molar-refractivity contribution in [3.8, 4) is 0 Å². The van der Waals surface area contributed by atoms with Crippen LogP contribution >= 0.6 is 0 Å². The zero-order valence-electron chi connectivity index (χ0n) is 16.2. The van der Waals surface area contributed by atoms with Gasteiger partial charge >= 0.3 is 0 Å². The molecule has 0 radical (unpaired) electrons. The van der Waals surface area contributed by atoms with Gasteiger partial charge in [0.05, 0.1) is 5.69 Å². The minimum absolute atomic E-state index is 0.334. The van der Waals surface area contributed by atoms with E-state index >= 15 is 0 Å². The maximum atomic E-state index is 5.50. The van der Waals surface area contributed by atoms with Crippen molar-refractivity contribution in [2.75, 3.05) is 39.2 Å². The lowest BCUT2D eigenvalue weighted by Crippen LogP contribution is -2.31. The van der Waals surface area contributed by atoms with Crippen molar-refractivity contribution in [2.24, 2.45) is 0 Å². The van der Waals surface area contributed by atoms with E-state index in [9.17, 15) is 0 Å². The summed E-state index contributed by atoms with van der Waals surface area (Å²) in [4.78, 5) is 7.01. The molecule has 1 aliphatic rings. The molecule has 0 spiro atoms. The van der Waals surface area contributed by atoms with Gasteiger partial charge in [0.25, 0.3) is 0 Å². The standard InChI is InChI=1S/C19H31N5O/c1-6-16-14(3)21-18-11-17(15-7-9-25-10-8-15)22-24(18)19(16)20-13(2)12-23(4)5/h11,13,15,20H,6-10,12H2,1-5H3/t13-/m1/s1. The van der Waals surface area contributed by atoms with Gasteiger partial charge in [0.1, 0.15) is 5.82 Å². The number of hydrogen-bond acceptors (Lipinski definition) is 5. The number of fused-ring (bicyclic) bond motifs is 1. The molecule has 0 unspecified atom stereocenters. The highest BCUT2D eigenvalue weighted by molar-refractivity contribution is 5.56. The van der Waals surface area contributed by atoms with E-state index in [4.69, 9.17) is 14.8 Å². The third-order valence-corrected chi connectivity index (χ3v) is 4.94. The number of nitrogens with zero attached hydrogens (tertiary/aromatic N) is 4. The lowest BCUT2D eigenvalue weighted by atomic mass is 9.97. The third kappa shape index (κ3) is 3.96. The molecule has 138 valence electrons. The van der Waals surface area contributed by atoms with E-state index in [1.54, 1.807) is 0 Å².